The normalized spacial score (nSPS) is 27.0. The zero-order valence-electron chi connectivity index (χ0n) is 11.9. The maximum absolute atomic E-state index is 12.8. The first-order valence-corrected chi connectivity index (χ1v) is 7.72. The fourth-order valence-corrected chi connectivity index (χ4v) is 3.16. The lowest BCUT2D eigenvalue weighted by Crippen LogP contribution is -2.40. The number of nitrogens with zero attached hydrogens (tertiary/aromatic N) is 3. The van der Waals surface area contributed by atoms with Crippen molar-refractivity contribution in [2.45, 2.75) is 63.2 Å². The van der Waals surface area contributed by atoms with E-state index < -0.39 is 12.1 Å². The van der Waals surface area contributed by atoms with Crippen LogP contribution in [0.25, 0.3) is 0 Å². The number of alkyl halides is 3. The van der Waals surface area contributed by atoms with Crippen molar-refractivity contribution in [3.8, 4) is 0 Å². The average molecular weight is 302 g/mol. The summed E-state index contributed by atoms with van der Waals surface area (Å²) in [5.41, 5.74) is 0. The first-order chi connectivity index (χ1) is 10.0. The van der Waals surface area contributed by atoms with Crippen LogP contribution in [-0.2, 0) is 6.54 Å². The molecule has 2 atom stereocenters. The second-order valence-electron chi connectivity index (χ2n) is 6.21. The quantitative estimate of drug-likeness (QED) is 0.909. The average Bonchev–Trinajstić information content (AvgIpc) is 3.18. The highest BCUT2D eigenvalue weighted by Crippen LogP contribution is 2.39. The molecule has 2 aliphatic rings. The zero-order valence-corrected chi connectivity index (χ0v) is 11.9. The summed E-state index contributed by atoms with van der Waals surface area (Å²) in [6.45, 7) is 1.40. The van der Waals surface area contributed by atoms with Gasteiger partial charge >= 0.3 is 6.18 Å². The Morgan fingerprint density at radius 2 is 2.05 bits per heavy atom. The van der Waals surface area contributed by atoms with Gasteiger partial charge in [0.25, 0.3) is 0 Å². The van der Waals surface area contributed by atoms with Crippen molar-refractivity contribution in [2.75, 3.05) is 6.54 Å². The molecule has 7 heteroatoms. The van der Waals surface area contributed by atoms with E-state index in [1.807, 2.05) is 4.57 Å². The molecule has 4 nitrogen and oxygen atoms in total. The van der Waals surface area contributed by atoms with Gasteiger partial charge < -0.3 is 9.88 Å². The van der Waals surface area contributed by atoms with E-state index in [4.69, 9.17) is 0 Å². The first-order valence-electron chi connectivity index (χ1n) is 7.72. The van der Waals surface area contributed by atoms with Gasteiger partial charge in [0.1, 0.15) is 12.2 Å². The minimum Gasteiger partial charge on any atom is -0.316 e. The largest absolute Gasteiger partial charge is 0.391 e. The molecule has 2 aliphatic carbocycles. The van der Waals surface area contributed by atoms with Gasteiger partial charge in [-0.25, -0.2) is 0 Å². The molecule has 0 unspecified atom stereocenters. The van der Waals surface area contributed by atoms with Crippen molar-refractivity contribution in [3.05, 3.63) is 12.2 Å². The fourth-order valence-electron chi connectivity index (χ4n) is 3.16. The zero-order chi connectivity index (χ0) is 14.9. The number of halogens is 3. The lowest BCUT2D eigenvalue weighted by atomic mass is 9.85. The van der Waals surface area contributed by atoms with Crippen LogP contribution in [0, 0.1) is 5.92 Å². The summed E-state index contributed by atoms with van der Waals surface area (Å²) in [4.78, 5) is 0. The van der Waals surface area contributed by atoms with E-state index in [1.165, 1.54) is 12.8 Å². The molecule has 1 aromatic rings. The number of hydrogen-bond donors (Lipinski definition) is 1. The van der Waals surface area contributed by atoms with Crippen LogP contribution in [0.2, 0.25) is 0 Å². The van der Waals surface area contributed by atoms with Crippen LogP contribution >= 0.6 is 0 Å². The van der Waals surface area contributed by atoms with Gasteiger partial charge in [0.15, 0.2) is 0 Å². The molecule has 0 aromatic carbocycles. The number of nitrogens with one attached hydrogen (secondary N) is 1. The van der Waals surface area contributed by atoms with Gasteiger partial charge in [-0.1, -0.05) is 6.42 Å². The molecule has 1 aromatic heterocycles. The molecular formula is C14H21F3N4. The minimum absolute atomic E-state index is 0.0220. The molecule has 3 rings (SSSR count). The highest BCUT2D eigenvalue weighted by molar-refractivity contribution is 5.04. The number of hydrogen-bond acceptors (Lipinski definition) is 3. The van der Waals surface area contributed by atoms with E-state index in [1.54, 1.807) is 6.33 Å². The molecule has 118 valence electrons. The fraction of sp³-hybridized carbons (Fsp3) is 0.857. The molecule has 0 amide bonds. The molecule has 21 heavy (non-hydrogen) atoms. The Labute approximate surface area is 122 Å². The van der Waals surface area contributed by atoms with Crippen molar-refractivity contribution in [1.82, 2.24) is 20.1 Å². The van der Waals surface area contributed by atoms with E-state index in [2.05, 4.69) is 15.5 Å². The van der Waals surface area contributed by atoms with Crippen molar-refractivity contribution in [2.24, 2.45) is 5.92 Å². The van der Waals surface area contributed by atoms with Crippen molar-refractivity contribution in [3.63, 3.8) is 0 Å². The van der Waals surface area contributed by atoms with Crippen LogP contribution in [0.15, 0.2) is 6.33 Å². The molecule has 0 radical (unpaired) electrons. The Balaban J connectivity index is 1.45. The molecule has 1 heterocycles. The third-order valence-corrected chi connectivity index (χ3v) is 4.51. The third-order valence-electron chi connectivity index (χ3n) is 4.51. The van der Waals surface area contributed by atoms with Gasteiger partial charge in [0.05, 0.1) is 5.92 Å². The lowest BCUT2D eigenvalue weighted by Gasteiger charge is -2.31. The monoisotopic (exact) mass is 302 g/mol. The summed E-state index contributed by atoms with van der Waals surface area (Å²) in [6.07, 6.45) is 1.98. The van der Waals surface area contributed by atoms with E-state index in [0.29, 0.717) is 18.9 Å². The molecule has 0 saturated heterocycles. The Morgan fingerprint density at radius 1 is 1.24 bits per heavy atom. The molecule has 2 fully saturated rings. The predicted octanol–water partition coefficient (Wildman–Crippen LogP) is 2.87. The summed E-state index contributed by atoms with van der Waals surface area (Å²) in [6, 6.07) is -0.0220. The Hall–Kier alpha value is -1.11. The molecule has 1 N–H and O–H groups in total. The summed E-state index contributed by atoms with van der Waals surface area (Å²) >= 11 is 0. The SMILES string of the molecule is FC(F)(F)[C@@H]1CCC[C@@H](NCCn2cnnc2C2CC2)C1. The van der Waals surface area contributed by atoms with Gasteiger partial charge in [0.2, 0.25) is 0 Å². The second-order valence-corrected chi connectivity index (χ2v) is 6.21. The maximum atomic E-state index is 12.8. The highest BCUT2D eigenvalue weighted by Gasteiger charge is 2.42. The third kappa shape index (κ3) is 3.75. The smallest absolute Gasteiger partial charge is 0.316 e. The van der Waals surface area contributed by atoms with E-state index in [9.17, 15) is 13.2 Å². The highest BCUT2D eigenvalue weighted by atomic mass is 19.4. The summed E-state index contributed by atoms with van der Waals surface area (Å²) in [7, 11) is 0. The predicted molar refractivity (Wildman–Crippen MR) is 71.8 cm³/mol. The van der Waals surface area contributed by atoms with Gasteiger partial charge in [-0.2, -0.15) is 13.2 Å². The Morgan fingerprint density at radius 3 is 2.76 bits per heavy atom. The molecule has 0 aliphatic heterocycles. The van der Waals surface area contributed by atoms with Crippen LogP contribution in [0.4, 0.5) is 13.2 Å². The number of rotatable bonds is 5. The van der Waals surface area contributed by atoms with Crippen LogP contribution in [0.1, 0.15) is 50.3 Å². The van der Waals surface area contributed by atoms with Crippen molar-refractivity contribution >= 4 is 0 Å². The molecule has 2 saturated carbocycles. The molecule has 0 spiro atoms. The topological polar surface area (TPSA) is 42.7 Å². The van der Waals surface area contributed by atoms with E-state index in [-0.39, 0.29) is 18.9 Å². The summed E-state index contributed by atoms with van der Waals surface area (Å²) in [5.74, 6) is 0.422. The first kappa shape index (κ1) is 14.8. The second kappa shape index (κ2) is 5.94. The van der Waals surface area contributed by atoms with Crippen LogP contribution in [0.3, 0.4) is 0 Å². The van der Waals surface area contributed by atoms with E-state index in [0.717, 1.165) is 18.8 Å². The van der Waals surface area contributed by atoms with Crippen LogP contribution in [-0.4, -0.2) is 33.5 Å². The van der Waals surface area contributed by atoms with Crippen molar-refractivity contribution < 1.29 is 13.2 Å². The van der Waals surface area contributed by atoms with Crippen LogP contribution < -0.4 is 5.32 Å². The number of aromatic nitrogens is 3. The Kier molecular flexibility index (Phi) is 4.19. The maximum Gasteiger partial charge on any atom is 0.391 e. The standard InChI is InChI=1S/C14H21F3N4/c15-14(16,17)11-2-1-3-12(8-11)18-6-7-21-9-19-20-13(21)10-4-5-10/h9-12,18H,1-8H2/t11-,12-/m1/s1. The summed E-state index contributed by atoms with van der Waals surface area (Å²) in [5, 5.41) is 11.3. The lowest BCUT2D eigenvalue weighted by molar-refractivity contribution is -0.183. The Bertz CT molecular complexity index is 467. The van der Waals surface area contributed by atoms with Gasteiger partial charge in [-0.05, 0) is 32.1 Å². The molecule has 0 bridgehead atoms. The van der Waals surface area contributed by atoms with Gasteiger partial charge in [-0.3, -0.25) is 0 Å². The summed E-state index contributed by atoms with van der Waals surface area (Å²) < 4.78 is 40.3. The van der Waals surface area contributed by atoms with Crippen LogP contribution in [0.5, 0.6) is 0 Å². The minimum atomic E-state index is -4.05. The van der Waals surface area contributed by atoms with Gasteiger partial charge in [-0.15, -0.1) is 10.2 Å². The van der Waals surface area contributed by atoms with Gasteiger partial charge in [0, 0.05) is 25.0 Å². The van der Waals surface area contributed by atoms with E-state index >= 15 is 0 Å². The van der Waals surface area contributed by atoms with Crippen molar-refractivity contribution in [1.29, 1.82) is 0 Å². The molecular weight excluding hydrogens is 281 g/mol.